The first-order chi connectivity index (χ1) is 6.18. The first kappa shape index (κ1) is 11.1. The van der Waals surface area contributed by atoms with Crippen molar-refractivity contribution in [3.05, 3.63) is 35.9 Å². The Kier molecular flexibility index (Phi) is 4.89. The lowest BCUT2D eigenvalue weighted by Gasteiger charge is -2.11. The van der Waals surface area contributed by atoms with Gasteiger partial charge >= 0.3 is 0 Å². The molecule has 0 radical (unpaired) electrons. The fourth-order valence-corrected chi connectivity index (χ4v) is 2.61. The van der Waals surface area contributed by atoms with Crippen molar-refractivity contribution in [3.8, 4) is 0 Å². The molecule has 1 rings (SSSR count). The van der Waals surface area contributed by atoms with Crippen molar-refractivity contribution in [1.29, 1.82) is 0 Å². The Morgan fingerprint density at radius 3 is 2.46 bits per heavy atom. The van der Waals surface area contributed by atoms with Gasteiger partial charge in [-0.25, -0.2) is 0 Å². The lowest BCUT2D eigenvalue weighted by molar-refractivity contribution is 0.759. The molecule has 1 aromatic rings. The maximum atomic E-state index is 4.55. The van der Waals surface area contributed by atoms with E-state index in [9.17, 15) is 0 Å². The molecule has 0 amide bonds. The molecule has 0 heterocycles. The third kappa shape index (κ3) is 4.72. The quantitative estimate of drug-likeness (QED) is 0.618. The molecule has 0 aliphatic heterocycles. The van der Waals surface area contributed by atoms with Gasteiger partial charge < -0.3 is 0 Å². The first-order valence-corrected chi connectivity index (χ1v) is 5.97. The highest BCUT2D eigenvalue weighted by Crippen LogP contribution is 2.16. The highest BCUT2D eigenvalue weighted by Gasteiger charge is 2.07. The van der Waals surface area contributed by atoms with Crippen LogP contribution >= 0.6 is 28.6 Å². The Morgan fingerprint density at radius 2 is 1.92 bits per heavy atom. The second kappa shape index (κ2) is 5.71. The summed E-state index contributed by atoms with van der Waals surface area (Å²) in [5.74, 6) is 0. The van der Waals surface area contributed by atoms with Crippen molar-refractivity contribution >= 4 is 28.6 Å². The molecule has 1 aromatic carbocycles. The standard InChI is InChI=1S/C11H15BrS/c1-9(12)7-11(13)8-10-5-3-2-4-6-10/h2-6,9,11,13H,7-8H2,1H3. The van der Waals surface area contributed by atoms with Crippen LogP contribution in [-0.2, 0) is 6.42 Å². The number of halogens is 1. The van der Waals surface area contributed by atoms with E-state index in [2.05, 4.69) is 59.7 Å². The summed E-state index contributed by atoms with van der Waals surface area (Å²) < 4.78 is 0. The molecule has 0 aromatic heterocycles. The summed E-state index contributed by atoms with van der Waals surface area (Å²) in [6.07, 6.45) is 2.16. The fourth-order valence-electron chi connectivity index (χ4n) is 1.34. The molecule has 0 aliphatic carbocycles. The van der Waals surface area contributed by atoms with Crippen molar-refractivity contribution in [2.24, 2.45) is 0 Å². The molecule has 0 saturated carbocycles. The lowest BCUT2D eigenvalue weighted by atomic mass is 10.1. The van der Waals surface area contributed by atoms with E-state index in [0.29, 0.717) is 10.1 Å². The minimum atomic E-state index is 0.455. The Morgan fingerprint density at radius 1 is 1.31 bits per heavy atom. The molecular formula is C11H15BrS. The number of benzene rings is 1. The van der Waals surface area contributed by atoms with Crippen LogP contribution in [0.25, 0.3) is 0 Å². The summed E-state index contributed by atoms with van der Waals surface area (Å²) in [7, 11) is 0. The zero-order valence-corrected chi connectivity index (χ0v) is 10.3. The Bertz CT molecular complexity index is 233. The fraction of sp³-hybridized carbons (Fsp3) is 0.455. The molecule has 2 atom stereocenters. The van der Waals surface area contributed by atoms with E-state index < -0.39 is 0 Å². The van der Waals surface area contributed by atoms with Crippen LogP contribution in [-0.4, -0.2) is 10.1 Å². The van der Waals surface area contributed by atoms with Crippen LogP contribution < -0.4 is 0 Å². The van der Waals surface area contributed by atoms with Gasteiger partial charge in [0.05, 0.1) is 0 Å². The van der Waals surface area contributed by atoms with Crippen LogP contribution in [0.15, 0.2) is 30.3 Å². The van der Waals surface area contributed by atoms with E-state index in [4.69, 9.17) is 0 Å². The number of thiol groups is 1. The predicted molar refractivity (Wildman–Crippen MR) is 65.9 cm³/mol. The smallest absolute Gasteiger partial charge is 0.0128 e. The Labute approximate surface area is 94.3 Å². The highest BCUT2D eigenvalue weighted by molar-refractivity contribution is 9.09. The van der Waals surface area contributed by atoms with Gasteiger partial charge in [-0.05, 0) is 18.4 Å². The van der Waals surface area contributed by atoms with Crippen molar-refractivity contribution in [2.45, 2.75) is 29.8 Å². The molecule has 0 spiro atoms. The van der Waals surface area contributed by atoms with Gasteiger partial charge in [0.2, 0.25) is 0 Å². The zero-order chi connectivity index (χ0) is 9.68. The second-order valence-electron chi connectivity index (χ2n) is 3.36. The van der Waals surface area contributed by atoms with E-state index in [1.165, 1.54) is 5.56 Å². The van der Waals surface area contributed by atoms with E-state index >= 15 is 0 Å². The number of rotatable bonds is 4. The highest BCUT2D eigenvalue weighted by atomic mass is 79.9. The van der Waals surface area contributed by atoms with Crippen LogP contribution in [0.4, 0.5) is 0 Å². The lowest BCUT2D eigenvalue weighted by Crippen LogP contribution is -2.08. The molecule has 0 saturated heterocycles. The Balaban J connectivity index is 2.41. The third-order valence-electron chi connectivity index (χ3n) is 1.91. The Hall–Kier alpha value is 0.0500. The predicted octanol–water partition coefficient (Wildman–Crippen LogP) is 3.70. The van der Waals surface area contributed by atoms with E-state index in [1.54, 1.807) is 0 Å². The largest absolute Gasteiger partial charge is 0.176 e. The van der Waals surface area contributed by atoms with Crippen LogP contribution in [0, 0.1) is 0 Å². The number of alkyl halides is 1. The molecular weight excluding hydrogens is 244 g/mol. The third-order valence-corrected chi connectivity index (χ3v) is 2.68. The summed E-state index contributed by atoms with van der Waals surface area (Å²) in [6, 6.07) is 10.5. The number of hydrogen-bond acceptors (Lipinski definition) is 1. The van der Waals surface area contributed by atoms with Gasteiger partial charge in [0.15, 0.2) is 0 Å². The van der Waals surface area contributed by atoms with Gasteiger partial charge in [-0.2, -0.15) is 12.6 Å². The van der Waals surface area contributed by atoms with Crippen LogP contribution in [0.1, 0.15) is 18.9 Å². The molecule has 0 aliphatic rings. The van der Waals surface area contributed by atoms with Crippen molar-refractivity contribution in [3.63, 3.8) is 0 Å². The molecule has 72 valence electrons. The first-order valence-electron chi connectivity index (χ1n) is 4.54. The van der Waals surface area contributed by atoms with Gasteiger partial charge in [-0.3, -0.25) is 0 Å². The minimum Gasteiger partial charge on any atom is -0.176 e. The molecule has 0 N–H and O–H groups in total. The topological polar surface area (TPSA) is 0 Å². The zero-order valence-electron chi connectivity index (χ0n) is 7.78. The van der Waals surface area contributed by atoms with Gasteiger partial charge in [-0.15, -0.1) is 0 Å². The average molecular weight is 259 g/mol. The maximum absolute atomic E-state index is 4.55. The van der Waals surface area contributed by atoms with E-state index in [1.807, 2.05) is 6.07 Å². The summed E-state index contributed by atoms with van der Waals surface area (Å²) in [5, 5.41) is 0.455. The van der Waals surface area contributed by atoms with Gasteiger partial charge in [0.25, 0.3) is 0 Å². The van der Waals surface area contributed by atoms with Crippen molar-refractivity contribution in [2.75, 3.05) is 0 Å². The summed E-state index contributed by atoms with van der Waals surface area (Å²) >= 11 is 8.09. The van der Waals surface area contributed by atoms with E-state index in [-0.39, 0.29) is 0 Å². The number of hydrogen-bond donors (Lipinski definition) is 1. The molecule has 0 fully saturated rings. The second-order valence-corrected chi connectivity index (χ2v) is 5.65. The van der Waals surface area contributed by atoms with Crippen LogP contribution in [0.3, 0.4) is 0 Å². The normalized spacial score (nSPS) is 15.3. The monoisotopic (exact) mass is 258 g/mol. The molecule has 2 unspecified atom stereocenters. The van der Waals surface area contributed by atoms with Gasteiger partial charge in [0.1, 0.15) is 0 Å². The van der Waals surface area contributed by atoms with Crippen molar-refractivity contribution < 1.29 is 0 Å². The summed E-state index contributed by atoms with van der Waals surface area (Å²) in [6.45, 7) is 2.16. The van der Waals surface area contributed by atoms with Crippen molar-refractivity contribution in [1.82, 2.24) is 0 Å². The maximum Gasteiger partial charge on any atom is 0.0128 e. The average Bonchev–Trinajstić information content (AvgIpc) is 2.04. The molecule has 13 heavy (non-hydrogen) atoms. The van der Waals surface area contributed by atoms with Crippen LogP contribution in [0.5, 0.6) is 0 Å². The molecule has 0 bridgehead atoms. The minimum absolute atomic E-state index is 0.455. The molecule has 2 heteroatoms. The SMILES string of the molecule is CC(Br)CC(S)Cc1ccccc1. The molecule has 0 nitrogen and oxygen atoms in total. The van der Waals surface area contributed by atoms with Crippen LogP contribution in [0.2, 0.25) is 0 Å². The van der Waals surface area contributed by atoms with Gasteiger partial charge in [0, 0.05) is 10.1 Å². The summed E-state index contributed by atoms with van der Waals surface area (Å²) in [5.41, 5.74) is 1.37. The summed E-state index contributed by atoms with van der Waals surface area (Å²) in [4.78, 5) is 0.554. The van der Waals surface area contributed by atoms with Gasteiger partial charge in [-0.1, -0.05) is 53.2 Å². The van der Waals surface area contributed by atoms with E-state index in [0.717, 1.165) is 12.8 Å².